The summed E-state index contributed by atoms with van der Waals surface area (Å²) in [6.07, 6.45) is 2.04. The number of methoxy groups -OCH3 is 1. The van der Waals surface area contributed by atoms with Gasteiger partial charge in [0.15, 0.2) is 5.96 Å². The third-order valence-electron chi connectivity index (χ3n) is 4.93. The topological polar surface area (TPSA) is 61.4 Å². The summed E-state index contributed by atoms with van der Waals surface area (Å²) in [6.45, 7) is 12.3. The highest BCUT2D eigenvalue weighted by atomic mass is 16.5. The SMILES string of the molecule is CCNC(=NCCCOCCOC)NCCCN1CCN(c2ccccc2)CC1. The molecule has 0 spiro atoms. The van der Waals surface area contributed by atoms with Crippen LogP contribution in [0.4, 0.5) is 5.69 Å². The summed E-state index contributed by atoms with van der Waals surface area (Å²) in [5, 5.41) is 6.76. The lowest BCUT2D eigenvalue weighted by atomic mass is 10.2. The number of benzene rings is 1. The molecule has 1 aromatic carbocycles. The van der Waals surface area contributed by atoms with Crippen LogP contribution in [-0.2, 0) is 9.47 Å². The zero-order valence-electron chi connectivity index (χ0n) is 18.2. The molecule has 2 N–H and O–H groups in total. The third-order valence-corrected chi connectivity index (χ3v) is 4.93. The normalized spacial score (nSPS) is 15.5. The van der Waals surface area contributed by atoms with Gasteiger partial charge in [-0.3, -0.25) is 9.89 Å². The Morgan fingerprint density at radius 1 is 1.00 bits per heavy atom. The van der Waals surface area contributed by atoms with Crippen LogP contribution < -0.4 is 15.5 Å². The Morgan fingerprint density at radius 3 is 2.52 bits per heavy atom. The maximum absolute atomic E-state index is 5.47. The van der Waals surface area contributed by atoms with Crippen molar-refractivity contribution in [2.45, 2.75) is 19.8 Å². The van der Waals surface area contributed by atoms with Crippen LogP contribution in [0.5, 0.6) is 0 Å². The van der Waals surface area contributed by atoms with E-state index in [-0.39, 0.29) is 0 Å². The third kappa shape index (κ3) is 9.96. The van der Waals surface area contributed by atoms with E-state index < -0.39 is 0 Å². The fourth-order valence-electron chi connectivity index (χ4n) is 3.32. The minimum absolute atomic E-state index is 0.648. The van der Waals surface area contributed by atoms with Crippen molar-refractivity contribution in [3.05, 3.63) is 30.3 Å². The molecule has 0 radical (unpaired) electrons. The number of hydrogen-bond acceptors (Lipinski definition) is 5. The van der Waals surface area contributed by atoms with Gasteiger partial charge < -0.3 is 25.0 Å². The summed E-state index contributed by atoms with van der Waals surface area (Å²) in [7, 11) is 1.69. The fourth-order valence-corrected chi connectivity index (χ4v) is 3.32. The van der Waals surface area contributed by atoms with Crippen molar-refractivity contribution in [1.82, 2.24) is 15.5 Å². The highest BCUT2D eigenvalue weighted by Crippen LogP contribution is 2.15. The Bertz CT molecular complexity index is 547. The molecule has 29 heavy (non-hydrogen) atoms. The average molecular weight is 406 g/mol. The molecule has 1 fully saturated rings. The summed E-state index contributed by atoms with van der Waals surface area (Å²) in [5.74, 6) is 0.901. The molecule has 2 rings (SSSR count). The maximum Gasteiger partial charge on any atom is 0.191 e. The van der Waals surface area contributed by atoms with E-state index in [0.717, 1.165) is 77.8 Å². The summed E-state index contributed by atoms with van der Waals surface area (Å²) < 4.78 is 10.4. The lowest BCUT2D eigenvalue weighted by molar-refractivity contribution is 0.0702. The van der Waals surface area contributed by atoms with Gasteiger partial charge in [-0.25, -0.2) is 0 Å². The Balaban J connectivity index is 1.56. The first-order chi connectivity index (χ1) is 14.3. The highest BCUT2D eigenvalue weighted by molar-refractivity contribution is 5.79. The first-order valence-corrected chi connectivity index (χ1v) is 10.9. The molecule has 0 bridgehead atoms. The van der Waals surface area contributed by atoms with E-state index >= 15 is 0 Å². The summed E-state index contributed by atoms with van der Waals surface area (Å²) in [6, 6.07) is 10.7. The van der Waals surface area contributed by atoms with Crippen molar-refractivity contribution in [3.63, 3.8) is 0 Å². The van der Waals surface area contributed by atoms with Crippen LogP contribution in [0.25, 0.3) is 0 Å². The van der Waals surface area contributed by atoms with Crippen LogP contribution in [0.3, 0.4) is 0 Å². The van der Waals surface area contributed by atoms with Crippen LogP contribution >= 0.6 is 0 Å². The smallest absolute Gasteiger partial charge is 0.191 e. The molecule has 7 nitrogen and oxygen atoms in total. The van der Waals surface area contributed by atoms with Crippen molar-refractivity contribution in [1.29, 1.82) is 0 Å². The number of nitrogens with zero attached hydrogens (tertiary/aromatic N) is 3. The molecule has 0 aromatic heterocycles. The monoisotopic (exact) mass is 405 g/mol. The maximum atomic E-state index is 5.47. The van der Waals surface area contributed by atoms with Gasteiger partial charge in [0.05, 0.1) is 13.2 Å². The lowest BCUT2D eigenvalue weighted by Crippen LogP contribution is -2.47. The van der Waals surface area contributed by atoms with Crippen LogP contribution in [0.15, 0.2) is 35.3 Å². The second kappa shape index (κ2) is 15.1. The van der Waals surface area contributed by atoms with Crippen LogP contribution in [0.2, 0.25) is 0 Å². The number of ether oxygens (including phenoxy) is 2. The first-order valence-electron chi connectivity index (χ1n) is 10.9. The van der Waals surface area contributed by atoms with Crippen molar-refractivity contribution in [2.24, 2.45) is 4.99 Å². The zero-order valence-corrected chi connectivity index (χ0v) is 18.2. The second-order valence-electron chi connectivity index (χ2n) is 7.16. The standard InChI is InChI=1S/C22H39N5O2/c1-3-23-22(25-12-8-18-29-20-19-28-2)24-11-7-13-26-14-16-27(17-15-26)21-9-5-4-6-10-21/h4-6,9-10H,3,7-8,11-20H2,1-2H3,(H2,23,24,25). The first kappa shape index (κ1) is 23.4. The summed E-state index contributed by atoms with van der Waals surface area (Å²) in [4.78, 5) is 9.66. The minimum Gasteiger partial charge on any atom is -0.382 e. The van der Waals surface area contributed by atoms with Crippen LogP contribution in [0, 0.1) is 0 Å². The van der Waals surface area contributed by atoms with Crippen molar-refractivity contribution in [3.8, 4) is 0 Å². The Labute approximate surface area is 176 Å². The number of rotatable bonds is 13. The number of nitrogens with one attached hydrogen (secondary N) is 2. The molecular formula is C22H39N5O2. The predicted molar refractivity (Wildman–Crippen MR) is 121 cm³/mol. The van der Waals surface area contributed by atoms with Gasteiger partial charge in [0, 0.05) is 65.2 Å². The summed E-state index contributed by atoms with van der Waals surface area (Å²) >= 11 is 0. The molecule has 0 amide bonds. The number of guanidine groups is 1. The molecule has 0 unspecified atom stereocenters. The van der Waals surface area contributed by atoms with Crippen molar-refractivity contribution < 1.29 is 9.47 Å². The largest absolute Gasteiger partial charge is 0.382 e. The Morgan fingerprint density at radius 2 is 1.79 bits per heavy atom. The quantitative estimate of drug-likeness (QED) is 0.297. The van der Waals surface area contributed by atoms with E-state index in [2.05, 4.69) is 62.7 Å². The molecule has 0 aliphatic carbocycles. The van der Waals surface area contributed by atoms with E-state index in [0.29, 0.717) is 13.2 Å². The molecule has 0 saturated carbocycles. The molecule has 1 saturated heterocycles. The van der Waals surface area contributed by atoms with Crippen LogP contribution in [-0.4, -0.2) is 90.1 Å². The lowest BCUT2D eigenvalue weighted by Gasteiger charge is -2.36. The molecule has 1 heterocycles. The number of hydrogen-bond donors (Lipinski definition) is 2. The van der Waals surface area contributed by atoms with Gasteiger partial charge in [-0.15, -0.1) is 0 Å². The van der Waals surface area contributed by atoms with Crippen molar-refractivity contribution in [2.75, 3.05) is 84.2 Å². The molecular weight excluding hydrogens is 366 g/mol. The van der Waals surface area contributed by atoms with E-state index in [1.807, 2.05) is 0 Å². The fraction of sp³-hybridized carbons (Fsp3) is 0.682. The van der Waals surface area contributed by atoms with E-state index in [9.17, 15) is 0 Å². The predicted octanol–water partition coefficient (Wildman–Crippen LogP) is 1.81. The van der Waals surface area contributed by atoms with Gasteiger partial charge in [0.1, 0.15) is 0 Å². The van der Waals surface area contributed by atoms with E-state index in [1.54, 1.807) is 7.11 Å². The average Bonchev–Trinajstić information content (AvgIpc) is 2.77. The van der Waals surface area contributed by atoms with Gasteiger partial charge in [-0.2, -0.15) is 0 Å². The molecule has 7 heteroatoms. The molecule has 0 atom stereocenters. The zero-order chi connectivity index (χ0) is 20.6. The van der Waals surface area contributed by atoms with E-state index in [1.165, 1.54) is 5.69 Å². The highest BCUT2D eigenvalue weighted by Gasteiger charge is 2.16. The second-order valence-corrected chi connectivity index (χ2v) is 7.16. The van der Waals surface area contributed by atoms with Gasteiger partial charge in [-0.1, -0.05) is 18.2 Å². The Kier molecular flexibility index (Phi) is 12.2. The molecule has 164 valence electrons. The number of para-hydroxylation sites is 1. The van der Waals surface area contributed by atoms with Crippen LogP contribution in [0.1, 0.15) is 19.8 Å². The minimum atomic E-state index is 0.648. The Hall–Kier alpha value is -1.83. The van der Waals surface area contributed by atoms with Gasteiger partial charge in [0.25, 0.3) is 0 Å². The number of piperazine rings is 1. The van der Waals surface area contributed by atoms with E-state index in [4.69, 9.17) is 9.47 Å². The molecule has 1 aromatic rings. The number of aliphatic imine (C=N–C) groups is 1. The molecule has 1 aliphatic heterocycles. The molecule has 1 aliphatic rings. The number of anilines is 1. The van der Waals surface area contributed by atoms with Gasteiger partial charge >= 0.3 is 0 Å². The van der Waals surface area contributed by atoms with Crippen molar-refractivity contribution >= 4 is 11.6 Å². The van der Waals surface area contributed by atoms with Gasteiger partial charge in [-0.05, 0) is 38.4 Å². The van der Waals surface area contributed by atoms with Gasteiger partial charge in [0.2, 0.25) is 0 Å². The summed E-state index contributed by atoms with van der Waals surface area (Å²) in [5.41, 5.74) is 1.34.